The van der Waals surface area contributed by atoms with Crippen LogP contribution in [0, 0.1) is 23.0 Å². The summed E-state index contributed by atoms with van der Waals surface area (Å²) in [4.78, 5) is 30.7. The highest BCUT2D eigenvalue weighted by atomic mass is 35.5. The summed E-state index contributed by atoms with van der Waals surface area (Å²) >= 11 is 7.99. The fraction of sp³-hybridized carbons (Fsp3) is 0.471. The van der Waals surface area contributed by atoms with Gasteiger partial charge in [-0.15, -0.1) is 11.3 Å². The largest absolute Gasteiger partial charge is 0.489 e. The van der Waals surface area contributed by atoms with Crippen LogP contribution in [0.25, 0.3) is 32.1 Å². The normalized spacial score (nSPS) is 21.5. The molecule has 2 amide bonds. The number of likely N-dealkylation sites (N-methyl/N-ethyl adjacent to an activating group) is 1. The van der Waals surface area contributed by atoms with Crippen molar-refractivity contribution in [3.05, 3.63) is 34.4 Å². The van der Waals surface area contributed by atoms with Crippen LogP contribution >= 0.6 is 22.9 Å². The molecule has 0 saturated carbocycles. The minimum atomic E-state index is -0.782. The average Bonchev–Trinajstić information content (AvgIpc) is 3.76. The second kappa shape index (κ2) is 12.3. The number of nitrogens with two attached hydrogens (primary N) is 1. The highest BCUT2D eigenvalue weighted by Gasteiger charge is 2.39. The SMILES string of the molecule is C[C@H](Oc1nc2c3c(c(Cl)c(-c4ccc(F)c5sc(N)c(C#N)c45)c(F)c3n1)OCCN2C1CCN(C(=O)N2CCC2)C1)[C@@H]1CCCN1C. The Kier molecular flexibility index (Phi) is 8.04. The van der Waals surface area contributed by atoms with Gasteiger partial charge in [0.25, 0.3) is 0 Å². The van der Waals surface area contributed by atoms with Gasteiger partial charge in [0.15, 0.2) is 11.6 Å². The molecular formula is C34H35ClF2N8O3S. The number of nitriles is 1. The molecule has 4 aliphatic heterocycles. The van der Waals surface area contributed by atoms with E-state index in [9.17, 15) is 10.1 Å². The lowest BCUT2D eigenvalue weighted by molar-refractivity contribution is 0.112. The lowest BCUT2D eigenvalue weighted by Crippen LogP contribution is -2.50. The number of urea groups is 1. The number of halogens is 3. The molecular weight excluding hydrogens is 674 g/mol. The molecule has 0 radical (unpaired) electrons. The van der Waals surface area contributed by atoms with Crippen LogP contribution in [-0.2, 0) is 0 Å². The molecule has 1 unspecified atom stereocenters. The minimum absolute atomic E-state index is 0.00794. The van der Waals surface area contributed by atoms with Crippen LogP contribution in [0.4, 0.5) is 24.4 Å². The molecule has 0 spiro atoms. The summed E-state index contributed by atoms with van der Waals surface area (Å²) in [5.41, 5.74) is 6.21. The van der Waals surface area contributed by atoms with E-state index in [4.69, 9.17) is 31.8 Å². The summed E-state index contributed by atoms with van der Waals surface area (Å²) in [6.07, 6.45) is 3.40. The number of nitrogens with zero attached hydrogens (tertiary/aromatic N) is 7. The van der Waals surface area contributed by atoms with E-state index in [1.165, 1.54) is 12.1 Å². The number of amides is 2. The number of carbonyl (C=O) groups is 1. The summed E-state index contributed by atoms with van der Waals surface area (Å²) in [5, 5.41) is 10.5. The highest BCUT2D eigenvalue weighted by molar-refractivity contribution is 7.23. The number of benzene rings is 2. The van der Waals surface area contributed by atoms with Crippen LogP contribution in [0.1, 0.15) is 38.2 Å². The molecule has 2 N–H and O–H groups in total. The first-order chi connectivity index (χ1) is 23.7. The summed E-state index contributed by atoms with van der Waals surface area (Å²) in [7, 11) is 2.05. The van der Waals surface area contributed by atoms with Gasteiger partial charge in [-0.1, -0.05) is 17.7 Å². The third-order valence-electron chi connectivity index (χ3n) is 10.4. The maximum atomic E-state index is 17.3. The van der Waals surface area contributed by atoms with Crippen molar-refractivity contribution in [3.63, 3.8) is 0 Å². The molecule has 8 rings (SSSR count). The molecule has 3 fully saturated rings. The monoisotopic (exact) mass is 708 g/mol. The quantitative estimate of drug-likeness (QED) is 0.272. The zero-order chi connectivity index (χ0) is 34.1. The third-order valence-corrected chi connectivity index (χ3v) is 11.8. The summed E-state index contributed by atoms with van der Waals surface area (Å²) in [6.45, 7) is 6.10. The van der Waals surface area contributed by atoms with Gasteiger partial charge in [0, 0.05) is 49.2 Å². The van der Waals surface area contributed by atoms with E-state index in [2.05, 4.69) is 21.8 Å². The Balaban J connectivity index is 1.30. The van der Waals surface area contributed by atoms with E-state index < -0.39 is 11.6 Å². The number of nitrogen functional groups attached to an aromatic ring is 1. The minimum Gasteiger partial charge on any atom is -0.489 e. The maximum Gasteiger partial charge on any atom is 0.320 e. The van der Waals surface area contributed by atoms with Crippen molar-refractivity contribution in [2.75, 3.05) is 63.6 Å². The number of carbonyl (C=O) groups excluding carboxylic acids is 1. The highest BCUT2D eigenvalue weighted by Crippen LogP contribution is 2.51. The Morgan fingerprint density at radius 1 is 1.14 bits per heavy atom. The maximum absolute atomic E-state index is 17.3. The van der Waals surface area contributed by atoms with Crippen LogP contribution in [-0.4, -0.2) is 102 Å². The Morgan fingerprint density at radius 2 is 1.96 bits per heavy atom. The molecule has 4 aromatic rings. The van der Waals surface area contributed by atoms with Crippen LogP contribution < -0.4 is 20.1 Å². The van der Waals surface area contributed by atoms with Gasteiger partial charge >= 0.3 is 12.0 Å². The number of hydrogen-bond acceptors (Lipinski definition) is 10. The van der Waals surface area contributed by atoms with Gasteiger partial charge in [-0.3, -0.25) is 4.90 Å². The van der Waals surface area contributed by atoms with Crippen molar-refractivity contribution in [1.29, 1.82) is 5.26 Å². The van der Waals surface area contributed by atoms with Crippen molar-refractivity contribution >= 4 is 60.8 Å². The number of ether oxygens (including phenoxy) is 2. The van der Waals surface area contributed by atoms with Gasteiger partial charge in [0.1, 0.15) is 40.9 Å². The number of fused-ring (bicyclic) bond motifs is 1. The lowest BCUT2D eigenvalue weighted by Gasteiger charge is -2.35. The lowest BCUT2D eigenvalue weighted by atomic mass is 9.96. The van der Waals surface area contributed by atoms with E-state index in [1.807, 2.05) is 22.8 Å². The Hall–Kier alpha value is -4.19. The van der Waals surface area contributed by atoms with Crippen LogP contribution in [0.5, 0.6) is 11.8 Å². The fourth-order valence-electron chi connectivity index (χ4n) is 7.74. The molecule has 6 heterocycles. The van der Waals surface area contributed by atoms with E-state index in [1.54, 1.807) is 0 Å². The Bertz CT molecular complexity index is 2050. The van der Waals surface area contributed by atoms with Crippen LogP contribution in [0.2, 0.25) is 5.02 Å². The molecule has 0 bridgehead atoms. The van der Waals surface area contributed by atoms with Crippen LogP contribution in [0.3, 0.4) is 0 Å². The number of hydrogen-bond donors (Lipinski definition) is 1. The van der Waals surface area contributed by atoms with Gasteiger partial charge in [-0.25, -0.2) is 13.6 Å². The van der Waals surface area contributed by atoms with Gasteiger partial charge in [-0.2, -0.15) is 15.2 Å². The summed E-state index contributed by atoms with van der Waals surface area (Å²) < 4.78 is 45.1. The van der Waals surface area contributed by atoms with Gasteiger partial charge < -0.3 is 29.9 Å². The molecule has 11 nitrogen and oxygen atoms in total. The molecule has 2 aromatic carbocycles. The molecule has 0 aliphatic carbocycles. The molecule has 3 atom stereocenters. The van der Waals surface area contributed by atoms with Gasteiger partial charge in [0.2, 0.25) is 0 Å². The van der Waals surface area contributed by atoms with Crippen molar-refractivity contribution in [2.24, 2.45) is 0 Å². The first-order valence-electron chi connectivity index (χ1n) is 16.6. The second-order valence-electron chi connectivity index (χ2n) is 13.2. The standard InChI is InChI=1S/C34H35ClF2N8O3S/c1-17(22-5-3-9-42(22)2)48-33-40-28-25-29(26(35)24(27(28)37)19-6-7-21(36)30-23(19)20(15-38)31(39)49-30)47-14-13-45(32(25)41-33)18-8-12-44(16-18)34(46)43-10-4-11-43/h6-7,17-18,22H,3-5,8-14,16,39H2,1-2H3/t17-,18?,22-/m0/s1. The van der Waals surface area contributed by atoms with Gasteiger partial charge in [0.05, 0.1) is 27.2 Å². The predicted octanol–water partition coefficient (Wildman–Crippen LogP) is 5.86. The second-order valence-corrected chi connectivity index (χ2v) is 14.6. The first kappa shape index (κ1) is 32.0. The van der Waals surface area contributed by atoms with Crippen molar-refractivity contribution < 1.29 is 23.0 Å². The Labute approximate surface area is 290 Å². The van der Waals surface area contributed by atoms with E-state index in [-0.39, 0.29) is 90.3 Å². The Morgan fingerprint density at radius 3 is 2.67 bits per heavy atom. The predicted molar refractivity (Wildman–Crippen MR) is 185 cm³/mol. The topological polar surface area (TPSA) is 124 Å². The number of aromatic nitrogens is 2. The summed E-state index contributed by atoms with van der Waals surface area (Å²) in [5.74, 6) is -0.761. The molecule has 3 saturated heterocycles. The molecule has 4 aliphatic rings. The molecule has 49 heavy (non-hydrogen) atoms. The van der Waals surface area contributed by atoms with E-state index >= 15 is 8.78 Å². The van der Waals surface area contributed by atoms with Gasteiger partial charge in [-0.05, 0) is 57.8 Å². The van der Waals surface area contributed by atoms with Crippen molar-refractivity contribution in [2.45, 2.75) is 50.8 Å². The van der Waals surface area contributed by atoms with E-state index in [0.717, 1.165) is 50.2 Å². The molecule has 256 valence electrons. The zero-order valence-corrected chi connectivity index (χ0v) is 28.7. The smallest absolute Gasteiger partial charge is 0.320 e. The molecule has 2 aromatic heterocycles. The number of anilines is 2. The number of rotatable bonds is 5. The number of likely N-dealkylation sites (tertiary alicyclic amines) is 3. The average molecular weight is 709 g/mol. The zero-order valence-electron chi connectivity index (χ0n) is 27.1. The van der Waals surface area contributed by atoms with E-state index in [0.29, 0.717) is 31.9 Å². The number of thiophene rings is 1. The van der Waals surface area contributed by atoms with Crippen molar-refractivity contribution in [3.8, 4) is 29.0 Å². The fourth-order valence-corrected chi connectivity index (χ4v) is 9.02. The summed E-state index contributed by atoms with van der Waals surface area (Å²) in [6, 6.07) is 4.71. The molecule has 15 heteroatoms. The van der Waals surface area contributed by atoms with Crippen LogP contribution in [0.15, 0.2) is 12.1 Å². The first-order valence-corrected chi connectivity index (χ1v) is 17.8. The third kappa shape index (κ3) is 5.16. The van der Waals surface area contributed by atoms with Crippen molar-refractivity contribution in [1.82, 2.24) is 24.7 Å².